The number of nitrogens with zero attached hydrogens (tertiary/aromatic N) is 1. The summed E-state index contributed by atoms with van der Waals surface area (Å²) in [6.45, 7) is 0. The van der Waals surface area contributed by atoms with Crippen LogP contribution in [-0.2, 0) is 11.2 Å². The average molecular weight is 362 g/mol. The van der Waals surface area contributed by atoms with Crippen LogP contribution in [0.3, 0.4) is 0 Å². The van der Waals surface area contributed by atoms with Gasteiger partial charge in [0.05, 0.1) is 0 Å². The van der Waals surface area contributed by atoms with Crippen molar-refractivity contribution < 1.29 is 9.59 Å². The number of amides is 2. The quantitative estimate of drug-likeness (QED) is 0.859. The van der Waals surface area contributed by atoms with Gasteiger partial charge in [-0.25, -0.2) is 4.98 Å². The lowest BCUT2D eigenvalue weighted by Gasteiger charge is -2.07. The van der Waals surface area contributed by atoms with E-state index in [0.717, 1.165) is 10.0 Å². The minimum atomic E-state index is -0.268. The Morgan fingerprint density at radius 2 is 2.05 bits per heavy atom. The normalized spacial score (nSPS) is 10.1. The van der Waals surface area contributed by atoms with Crippen molar-refractivity contribution in [3.05, 3.63) is 58.3 Å². The molecule has 0 unspecified atom stereocenters. The minimum absolute atomic E-state index is 0.00602. The number of pyridine rings is 1. The van der Waals surface area contributed by atoms with Crippen LogP contribution in [0.4, 0.5) is 5.69 Å². The number of rotatable bonds is 5. The fourth-order valence-electron chi connectivity index (χ4n) is 1.89. The number of benzene rings is 1. The third-order valence-electron chi connectivity index (χ3n) is 3.06. The zero-order valence-corrected chi connectivity index (χ0v) is 13.7. The predicted molar refractivity (Wildman–Crippen MR) is 88.7 cm³/mol. The number of anilines is 1. The van der Waals surface area contributed by atoms with Gasteiger partial charge >= 0.3 is 0 Å². The zero-order chi connectivity index (χ0) is 15.9. The van der Waals surface area contributed by atoms with E-state index >= 15 is 0 Å². The first-order chi connectivity index (χ1) is 10.6. The molecule has 2 N–H and O–H groups in total. The average Bonchev–Trinajstić information content (AvgIpc) is 2.53. The fraction of sp³-hybridized carbons (Fsp3) is 0.188. The fourth-order valence-corrected chi connectivity index (χ4v) is 2.13. The second-order valence-electron chi connectivity index (χ2n) is 4.69. The van der Waals surface area contributed by atoms with E-state index < -0.39 is 0 Å². The van der Waals surface area contributed by atoms with Crippen molar-refractivity contribution in [3.8, 4) is 0 Å². The van der Waals surface area contributed by atoms with Crippen molar-refractivity contribution >= 4 is 33.4 Å². The van der Waals surface area contributed by atoms with Crippen molar-refractivity contribution in [3.63, 3.8) is 0 Å². The Bertz CT molecular complexity index is 671. The van der Waals surface area contributed by atoms with Crippen LogP contribution in [0.15, 0.2) is 47.1 Å². The summed E-state index contributed by atoms with van der Waals surface area (Å²) >= 11 is 3.28. The van der Waals surface area contributed by atoms with Crippen LogP contribution in [0.5, 0.6) is 0 Å². The molecule has 114 valence electrons. The van der Waals surface area contributed by atoms with Crippen LogP contribution in [0.2, 0.25) is 0 Å². The highest BCUT2D eigenvalue weighted by Gasteiger charge is 2.08. The summed E-state index contributed by atoms with van der Waals surface area (Å²) in [5.74, 6) is -0.274. The van der Waals surface area contributed by atoms with Crippen molar-refractivity contribution in [1.29, 1.82) is 0 Å². The maximum atomic E-state index is 12.1. The first kappa shape index (κ1) is 16.2. The third-order valence-corrected chi connectivity index (χ3v) is 3.53. The molecule has 0 atom stereocenters. The molecule has 2 aromatic rings. The Hall–Kier alpha value is -2.21. The van der Waals surface area contributed by atoms with E-state index in [1.54, 1.807) is 31.4 Å². The van der Waals surface area contributed by atoms with E-state index in [4.69, 9.17) is 0 Å². The molecule has 0 bridgehead atoms. The zero-order valence-electron chi connectivity index (χ0n) is 12.1. The molecule has 0 saturated heterocycles. The third kappa shape index (κ3) is 4.66. The van der Waals surface area contributed by atoms with Crippen LogP contribution in [0.25, 0.3) is 0 Å². The summed E-state index contributed by atoms with van der Waals surface area (Å²) in [5, 5.41) is 5.39. The second-order valence-corrected chi connectivity index (χ2v) is 5.61. The largest absolute Gasteiger partial charge is 0.359 e. The van der Waals surface area contributed by atoms with Gasteiger partial charge in [-0.2, -0.15) is 0 Å². The highest BCUT2D eigenvalue weighted by atomic mass is 79.9. The lowest BCUT2D eigenvalue weighted by molar-refractivity contribution is -0.120. The molecule has 1 heterocycles. The van der Waals surface area contributed by atoms with Crippen molar-refractivity contribution in [1.82, 2.24) is 10.3 Å². The first-order valence-corrected chi connectivity index (χ1v) is 7.60. The molecule has 1 aromatic heterocycles. The van der Waals surface area contributed by atoms with Crippen LogP contribution >= 0.6 is 15.9 Å². The number of aromatic nitrogens is 1. The summed E-state index contributed by atoms with van der Waals surface area (Å²) in [5.41, 5.74) is 2.02. The minimum Gasteiger partial charge on any atom is -0.359 e. The number of nitrogens with one attached hydrogen (secondary N) is 2. The maximum absolute atomic E-state index is 12.1. The van der Waals surface area contributed by atoms with Crippen LogP contribution in [0.1, 0.15) is 22.5 Å². The Morgan fingerprint density at radius 3 is 2.73 bits per heavy atom. The van der Waals surface area contributed by atoms with E-state index in [1.165, 1.54) is 0 Å². The Labute approximate surface area is 137 Å². The SMILES string of the molecule is CNC(=O)CCc1cccc(NC(=O)c2ccc(Br)cn2)c1. The summed E-state index contributed by atoms with van der Waals surface area (Å²) in [6.07, 6.45) is 2.62. The van der Waals surface area contributed by atoms with Crippen LogP contribution in [-0.4, -0.2) is 23.8 Å². The van der Waals surface area contributed by atoms with Gasteiger partial charge in [-0.15, -0.1) is 0 Å². The number of halogens is 1. The van der Waals surface area contributed by atoms with Crippen molar-refractivity contribution in [2.45, 2.75) is 12.8 Å². The molecule has 1 aromatic carbocycles. The predicted octanol–water partition coefficient (Wildman–Crippen LogP) is 2.78. The van der Waals surface area contributed by atoms with Gasteiger partial charge in [-0.1, -0.05) is 12.1 Å². The molecular formula is C16H16BrN3O2. The lowest BCUT2D eigenvalue weighted by atomic mass is 10.1. The molecule has 0 aliphatic heterocycles. The maximum Gasteiger partial charge on any atom is 0.274 e. The van der Waals surface area contributed by atoms with E-state index in [9.17, 15) is 9.59 Å². The van der Waals surface area contributed by atoms with E-state index in [0.29, 0.717) is 24.2 Å². The molecule has 5 nitrogen and oxygen atoms in total. The van der Waals surface area contributed by atoms with Gasteiger partial charge < -0.3 is 10.6 Å². The summed E-state index contributed by atoms with van der Waals surface area (Å²) in [6, 6.07) is 10.9. The summed E-state index contributed by atoms with van der Waals surface area (Å²) in [7, 11) is 1.62. The topological polar surface area (TPSA) is 71.1 Å². The Balaban J connectivity index is 2.02. The van der Waals surface area contributed by atoms with E-state index in [-0.39, 0.29) is 11.8 Å². The highest BCUT2D eigenvalue weighted by Crippen LogP contribution is 2.14. The van der Waals surface area contributed by atoms with Gasteiger partial charge in [-0.05, 0) is 52.2 Å². The highest BCUT2D eigenvalue weighted by molar-refractivity contribution is 9.10. The summed E-state index contributed by atoms with van der Waals surface area (Å²) < 4.78 is 0.820. The molecule has 0 fully saturated rings. The molecule has 0 saturated carbocycles. The molecule has 22 heavy (non-hydrogen) atoms. The first-order valence-electron chi connectivity index (χ1n) is 6.81. The second kappa shape index (κ2) is 7.70. The monoisotopic (exact) mass is 361 g/mol. The standard InChI is InChI=1S/C16H16BrN3O2/c1-18-15(21)8-5-11-3-2-4-13(9-11)20-16(22)14-7-6-12(17)10-19-14/h2-4,6-7,9-10H,5,8H2,1H3,(H,18,21)(H,20,22). The van der Waals surface area contributed by atoms with Gasteiger partial charge in [0.25, 0.3) is 5.91 Å². The number of hydrogen-bond donors (Lipinski definition) is 2. The smallest absolute Gasteiger partial charge is 0.274 e. The van der Waals surface area contributed by atoms with Crippen molar-refractivity contribution in [2.24, 2.45) is 0 Å². The summed E-state index contributed by atoms with van der Waals surface area (Å²) in [4.78, 5) is 27.4. The van der Waals surface area contributed by atoms with Gasteiger partial charge in [0.2, 0.25) is 5.91 Å². The van der Waals surface area contributed by atoms with Gasteiger partial charge in [0, 0.05) is 29.8 Å². The molecule has 0 radical (unpaired) electrons. The number of hydrogen-bond acceptors (Lipinski definition) is 3. The Morgan fingerprint density at radius 1 is 1.23 bits per heavy atom. The molecule has 2 rings (SSSR count). The molecule has 6 heteroatoms. The van der Waals surface area contributed by atoms with E-state index in [1.807, 2.05) is 18.2 Å². The van der Waals surface area contributed by atoms with Gasteiger partial charge in [0.1, 0.15) is 5.69 Å². The van der Waals surface area contributed by atoms with Gasteiger partial charge in [0.15, 0.2) is 0 Å². The van der Waals surface area contributed by atoms with E-state index in [2.05, 4.69) is 31.5 Å². The lowest BCUT2D eigenvalue weighted by Crippen LogP contribution is -2.18. The number of carbonyl (C=O) groups excluding carboxylic acids is 2. The van der Waals surface area contributed by atoms with Crippen LogP contribution in [0, 0.1) is 0 Å². The molecule has 0 spiro atoms. The molecule has 0 aliphatic rings. The van der Waals surface area contributed by atoms with Crippen molar-refractivity contribution in [2.75, 3.05) is 12.4 Å². The number of aryl methyl sites for hydroxylation is 1. The number of carbonyl (C=O) groups is 2. The Kier molecular flexibility index (Phi) is 5.66. The molecular weight excluding hydrogens is 346 g/mol. The van der Waals surface area contributed by atoms with Crippen LogP contribution < -0.4 is 10.6 Å². The molecule has 0 aliphatic carbocycles. The van der Waals surface area contributed by atoms with Gasteiger partial charge in [-0.3, -0.25) is 9.59 Å². The molecule has 2 amide bonds.